The number of aryl methyl sites for hydroxylation is 2. The molecule has 100 valence electrons. The second-order valence-corrected chi connectivity index (χ2v) is 5.62. The molecule has 1 saturated heterocycles. The number of aromatic nitrogens is 2. The number of hydrogen-bond acceptors (Lipinski definition) is 5. The molecule has 1 aromatic heterocycles. The Morgan fingerprint density at radius 1 is 1.67 bits per heavy atom. The van der Waals surface area contributed by atoms with Crippen molar-refractivity contribution in [2.75, 3.05) is 23.4 Å². The van der Waals surface area contributed by atoms with Gasteiger partial charge < -0.3 is 5.32 Å². The van der Waals surface area contributed by atoms with Crippen molar-refractivity contribution in [3.63, 3.8) is 0 Å². The third-order valence-corrected chi connectivity index (χ3v) is 4.39. The van der Waals surface area contributed by atoms with E-state index >= 15 is 0 Å². The largest absolute Gasteiger partial charge is 0.364 e. The molecule has 0 bridgehead atoms. The summed E-state index contributed by atoms with van der Waals surface area (Å²) < 4.78 is 1.68. The van der Waals surface area contributed by atoms with Crippen LogP contribution in [0.2, 0.25) is 0 Å². The standard InChI is InChI=1S/C11H18N4O2S/c1-3-14-11(10(15(16)17)8(2)13-14)12-6-9-4-5-18-7-9/h9,12H,3-7H2,1-2H3. The number of rotatable bonds is 5. The molecule has 2 heterocycles. The molecule has 0 radical (unpaired) electrons. The molecular weight excluding hydrogens is 252 g/mol. The van der Waals surface area contributed by atoms with Gasteiger partial charge in [-0.25, -0.2) is 4.68 Å². The fourth-order valence-corrected chi connectivity index (χ4v) is 3.46. The van der Waals surface area contributed by atoms with E-state index in [1.54, 1.807) is 11.6 Å². The number of nitrogens with one attached hydrogen (secondary N) is 1. The van der Waals surface area contributed by atoms with Crippen LogP contribution in [0.25, 0.3) is 0 Å². The zero-order valence-electron chi connectivity index (χ0n) is 10.7. The van der Waals surface area contributed by atoms with Crippen LogP contribution in [0.5, 0.6) is 0 Å². The molecule has 2 rings (SSSR count). The van der Waals surface area contributed by atoms with Gasteiger partial charge in [0.15, 0.2) is 0 Å². The number of anilines is 1. The van der Waals surface area contributed by atoms with E-state index in [9.17, 15) is 10.1 Å². The molecule has 6 nitrogen and oxygen atoms in total. The zero-order valence-corrected chi connectivity index (χ0v) is 11.5. The highest BCUT2D eigenvalue weighted by molar-refractivity contribution is 7.99. The summed E-state index contributed by atoms with van der Waals surface area (Å²) in [6.07, 6.45) is 1.19. The lowest BCUT2D eigenvalue weighted by Gasteiger charge is -2.11. The van der Waals surface area contributed by atoms with E-state index in [0.29, 0.717) is 24.0 Å². The van der Waals surface area contributed by atoms with Crippen LogP contribution in [-0.4, -0.2) is 32.8 Å². The molecule has 18 heavy (non-hydrogen) atoms. The van der Waals surface area contributed by atoms with Crippen molar-refractivity contribution >= 4 is 23.3 Å². The Morgan fingerprint density at radius 2 is 2.44 bits per heavy atom. The zero-order chi connectivity index (χ0) is 13.1. The van der Waals surface area contributed by atoms with Gasteiger partial charge in [-0.2, -0.15) is 16.9 Å². The summed E-state index contributed by atoms with van der Waals surface area (Å²) in [5, 5.41) is 18.5. The first kappa shape index (κ1) is 13.2. The minimum Gasteiger partial charge on any atom is -0.364 e. The maximum absolute atomic E-state index is 11.1. The normalized spacial score (nSPS) is 19.1. The minimum absolute atomic E-state index is 0.113. The fraction of sp³-hybridized carbons (Fsp3) is 0.727. The minimum atomic E-state index is -0.347. The monoisotopic (exact) mass is 270 g/mol. The van der Waals surface area contributed by atoms with Crippen molar-refractivity contribution < 1.29 is 4.92 Å². The first-order valence-electron chi connectivity index (χ1n) is 6.16. The summed E-state index contributed by atoms with van der Waals surface area (Å²) in [6.45, 7) is 5.04. The summed E-state index contributed by atoms with van der Waals surface area (Å²) in [4.78, 5) is 10.7. The molecule has 1 N–H and O–H groups in total. The van der Waals surface area contributed by atoms with Crippen molar-refractivity contribution in [1.29, 1.82) is 0 Å². The Morgan fingerprint density at radius 3 is 3.00 bits per heavy atom. The van der Waals surface area contributed by atoms with Crippen LogP contribution in [-0.2, 0) is 6.54 Å². The number of hydrogen-bond donors (Lipinski definition) is 1. The highest BCUT2D eigenvalue weighted by Gasteiger charge is 2.25. The highest BCUT2D eigenvalue weighted by atomic mass is 32.2. The molecule has 1 aliphatic rings. The van der Waals surface area contributed by atoms with Crippen LogP contribution in [0.3, 0.4) is 0 Å². The Labute approximate surface area is 110 Å². The predicted molar refractivity (Wildman–Crippen MR) is 73.2 cm³/mol. The van der Waals surface area contributed by atoms with E-state index in [0.717, 1.165) is 12.3 Å². The van der Waals surface area contributed by atoms with Crippen LogP contribution in [0.1, 0.15) is 19.0 Å². The molecular formula is C11H18N4O2S. The summed E-state index contributed by atoms with van der Waals surface area (Å²) in [7, 11) is 0. The van der Waals surface area contributed by atoms with Gasteiger partial charge >= 0.3 is 5.69 Å². The number of nitro groups is 1. The van der Waals surface area contributed by atoms with Gasteiger partial charge in [0.05, 0.1) is 4.92 Å². The Bertz CT molecular complexity index is 440. The van der Waals surface area contributed by atoms with E-state index in [4.69, 9.17) is 0 Å². The van der Waals surface area contributed by atoms with Crippen LogP contribution >= 0.6 is 11.8 Å². The van der Waals surface area contributed by atoms with Gasteiger partial charge in [-0.15, -0.1) is 0 Å². The average molecular weight is 270 g/mol. The summed E-state index contributed by atoms with van der Waals surface area (Å²) in [5.41, 5.74) is 0.590. The molecule has 0 aliphatic carbocycles. The molecule has 1 unspecified atom stereocenters. The van der Waals surface area contributed by atoms with E-state index in [2.05, 4.69) is 10.4 Å². The van der Waals surface area contributed by atoms with E-state index in [1.807, 2.05) is 18.7 Å². The number of nitrogens with zero attached hydrogens (tertiary/aromatic N) is 3. The molecule has 0 spiro atoms. The van der Waals surface area contributed by atoms with Crippen molar-refractivity contribution in [1.82, 2.24) is 9.78 Å². The Balaban J connectivity index is 2.15. The lowest BCUT2D eigenvalue weighted by Crippen LogP contribution is -2.16. The Hall–Kier alpha value is -1.24. The molecule has 0 amide bonds. The van der Waals surface area contributed by atoms with Crippen molar-refractivity contribution in [2.45, 2.75) is 26.8 Å². The first-order valence-corrected chi connectivity index (χ1v) is 7.32. The molecule has 0 saturated carbocycles. The topological polar surface area (TPSA) is 73.0 Å². The predicted octanol–water partition coefficient (Wildman–Crippen LogP) is 2.28. The smallest absolute Gasteiger partial charge is 0.333 e. The van der Waals surface area contributed by atoms with Gasteiger partial charge in [0.2, 0.25) is 5.82 Å². The molecule has 0 aromatic carbocycles. The second kappa shape index (κ2) is 5.60. The molecule has 7 heteroatoms. The lowest BCUT2D eigenvalue weighted by molar-refractivity contribution is -0.384. The van der Waals surface area contributed by atoms with E-state index in [1.165, 1.54) is 12.2 Å². The van der Waals surface area contributed by atoms with Crippen molar-refractivity contribution in [3.8, 4) is 0 Å². The van der Waals surface area contributed by atoms with Crippen LogP contribution in [0.15, 0.2) is 0 Å². The molecule has 1 aromatic rings. The van der Waals surface area contributed by atoms with E-state index in [-0.39, 0.29) is 10.6 Å². The van der Waals surface area contributed by atoms with Gasteiger partial charge in [-0.3, -0.25) is 10.1 Å². The Kier molecular flexibility index (Phi) is 4.11. The van der Waals surface area contributed by atoms with Gasteiger partial charge in [0, 0.05) is 13.1 Å². The SMILES string of the molecule is CCn1nc(C)c([N+](=O)[O-])c1NCC1CCSC1. The molecule has 1 aliphatic heterocycles. The lowest BCUT2D eigenvalue weighted by atomic mass is 10.1. The summed E-state index contributed by atoms with van der Waals surface area (Å²) >= 11 is 1.95. The first-order chi connectivity index (χ1) is 8.63. The summed E-state index contributed by atoms with van der Waals surface area (Å²) in [6, 6.07) is 0. The number of thioether (sulfide) groups is 1. The highest BCUT2D eigenvalue weighted by Crippen LogP contribution is 2.30. The van der Waals surface area contributed by atoms with Crippen molar-refractivity contribution in [2.24, 2.45) is 5.92 Å². The summed E-state index contributed by atoms with van der Waals surface area (Å²) in [5.74, 6) is 3.49. The van der Waals surface area contributed by atoms with Crippen LogP contribution < -0.4 is 5.32 Å². The molecule has 1 atom stereocenters. The van der Waals surface area contributed by atoms with Gasteiger partial charge in [-0.05, 0) is 37.7 Å². The van der Waals surface area contributed by atoms with Gasteiger partial charge in [0.1, 0.15) is 5.69 Å². The van der Waals surface area contributed by atoms with Crippen molar-refractivity contribution in [3.05, 3.63) is 15.8 Å². The second-order valence-electron chi connectivity index (χ2n) is 4.47. The van der Waals surface area contributed by atoms with Gasteiger partial charge in [-0.1, -0.05) is 0 Å². The van der Waals surface area contributed by atoms with Crippen LogP contribution in [0, 0.1) is 23.0 Å². The average Bonchev–Trinajstić information content (AvgIpc) is 2.92. The maximum Gasteiger partial charge on any atom is 0.333 e. The van der Waals surface area contributed by atoms with E-state index < -0.39 is 0 Å². The fourth-order valence-electron chi connectivity index (χ4n) is 2.18. The third kappa shape index (κ3) is 2.60. The van der Waals surface area contributed by atoms with Gasteiger partial charge in [0.25, 0.3) is 0 Å². The van der Waals surface area contributed by atoms with Crippen LogP contribution in [0.4, 0.5) is 11.5 Å². The third-order valence-electron chi connectivity index (χ3n) is 3.16. The maximum atomic E-state index is 11.1. The molecule has 1 fully saturated rings. The quantitative estimate of drug-likeness (QED) is 0.656.